The Morgan fingerprint density at radius 2 is 2.00 bits per heavy atom. The summed E-state index contributed by atoms with van der Waals surface area (Å²) < 4.78 is 29.7. The number of nitrogens with zero attached hydrogens (tertiary/aromatic N) is 2. The molecule has 29 heavy (non-hydrogen) atoms. The van der Waals surface area contributed by atoms with Gasteiger partial charge in [-0.15, -0.1) is 11.3 Å². The van der Waals surface area contributed by atoms with Crippen molar-refractivity contribution in [3.63, 3.8) is 0 Å². The summed E-state index contributed by atoms with van der Waals surface area (Å²) in [4.78, 5) is 18.2. The number of carbonyl (C=O) groups is 1. The number of fused-ring (bicyclic) bond motifs is 1. The fourth-order valence-corrected chi connectivity index (χ4v) is 4.03. The molecule has 10 heteroatoms. The molecule has 0 spiro atoms. The molecular formula is C19H22N4O4S2. The average Bonchev–Trinajstić information content (AvgIpc) is 3.17. The lowest BCUT2D eigenvalue weighted by Crippen LogP contribution is -2.38. The molecule has 3 rings (SSSR count). The van der Waals surface area contributed by atoms with Crippen LogP contribution in [0, 0.1) is 0 Å². The van der Waals surface area contributed by atoms with Gasteiger partial charge in [0.25, 0.3) is 10.2 Å². The van der Waals surface area contributed by atoms with Gasteiger partial charge in [0.15, 0.2) is 10.8 Å². The fraction of sp³-hybridized carbons (Fsp3) is 0.263. The van der Waals surface area contributed by atoms with E-state index in [9.17, 15) is 13.2 Å². The lowest BCUT2D eigenvalue weighted by atomic mass is 10.1. The van der Waals surface area contributed by atoms with E-state index in [4.69, 9.17) is 9.88 Å². The van der Waals surface area contributed by atoms with Crippen LogP contribution in [0.4, 0.5) is 5.13 Å². The van der Waals surface area contributed by atoms with Crippen molar-refractivity contribution in [2.24, 2.45) is 5.14 Å². The lowest BCUT2D eigenvalue weighted by Gasteiger charge is -2.22. The van der Waals surface area contributed by atoms with Gasteiger partial charge in [-0.25, -0.2) is 19.6 Å². The maximum Gasteiger partial charge on any atom is 0.357 e. The van der Waals surface area contributed by atoms with Gasteiger partial charge in [0, 0.05) is 25.0 Å². The molecule has 0 saturated heterocycles. The van der Waals surface area contributed by atoms with Crippen molar-refractivity contribution >= 4 is 43.4 Å². The molecule has 3 aromatic rings. The zero-order valence-corrected chi connectivity index (χ0v) is 17.5. The quantitative estimate of drug-likeness (QED) is 0.499. The minimum absolute atomic E-state index is 0.112. The Morgan fingerprint density at radius 3 is 2.72 bits per heavy atom. The first-order valence-corrected chi connectivity index (χ1v) is 11.4. The molecule has 0 amide bonds. The Labute approximate surface area is 173 Å². The molecule has 2 aromatic carbocycles. The topological polar surface area (TPSA) is 115 Å². The first-order chi connectivity index (χ1) is 13.9. The lowest BCUT2D eigenvalue weighted by molar-refractivity contribution is 0.0520. The molecule has 0 aliphatic carbocycles. The Balaban J connectivity index is 1.82. The number of carbonyl (C=O) groups excluding carboxylic acids is 1. The van der Waals surface area contributed by atoms with Gasteiger partial charge in [-0.2, -0.15) is 8.42 Å². The number of anilines is 1. The summed E-state index contributed by atoms with van der Waals surface area (Å²) >= 11 is 1.30. The fourth-order valence-electron chi connectivity index (χ4n) is 2.83. The van der Waals surface area contributed by atoms with Gasteiger partial charge in [-0.3, -0.25) is 0 Å². The van der Waals surface area contributed by atoms with Crippen LogP contribution < -0.4 is 14.8 Å². The first kappa shape index (κ1) is 21.2. The molecule has 1 aromatic heterocycles. The maximum atomic E-state index is 11.9. The Hall–Kier alpha value is -2.53. The third kappa shape index (κ3) is 5.97. The summed E-state index contributed by atoms with van der Waals surface area (Å²) in [7, 11) is -3.79. The van der Waals surface area contributed by atoms with E-state index in [1.807, 2.05) is 41.3 Å². The molecule has 0 saturated carbocycles. The highest BCUT2D eigenvalue weighted by molar-refractivity contribution is 7.87. The van der Waals surface area contributed by atoms with Crippen LogP contribution in [-0.4, -0.2) is 39.1 Å². The maximum absolute atomic E-state index is 11.9. The highest BCUT2D eigenvalue weighted by Crippen LogP contribution is 2.24. The SMILES string of the molecule is CCOC(=O)c1csc(N(CCNS(N)(=O)=O)Cc2ccc3ccccc3c2)n1. The van der Waals surface area contributed by atoms with E-state index in [1.54, 1.807) is 12.3 Å². The van der Waals surface area contributed by atoms with Crippen molar-refractivity contribution in [1.82, 2.24) is 9.71 Å². The van der Waals surface area contributed by atoms with Crippen LogP contribution in [0.2, 0.25) is 0 Å². The number of rotatable bonds is 9. The molecule has 0 radical (unpaired) electrons. The summed E-state index contributed by atoms with van der Waals surface area (Å²) in [6.45, 7) is 2.94. The van der Waals surface area contributed by atoms with E-state index in [-0.39, 0.29) is 18.8 Å². The van der Waals surface area contributed by atoms with E-state index in [1.165, 1.54) is 11.3 Å². The number of hydrogen-bond donors (Lipinski definition) is 2. The third-order valence-electron chi connectivity index (χ3n) is 4.12. The summed E-state index contributed by atoms with van der Waals surface area (Å²) in [5.41, 5.74) is 1.27. The Morgan fingerprint density at radius 1 is 1.24 bits per heavy atom. The van der Waals surface area contributed by atoms with E-state index in [2.05, 4.69) is 15.8 Å². The van der Waals surface area contributed by atoms with Crippen molar-refractivity contribution in [1.29, 1.82) is 0 Å². The largest absolute Gasteiger partial charge is 0.461 e. The van der Waals surface area contributed by atoms with Crippen LogP contribution in [0.1, 0.15) is 23.0 Å². The van der Waals surface area contributed by atoms with Gasteiger partial charge in [0.2, 0.25) is 0 Å². The number of ether oxygens (including phenoxy) is 1. The predicted molar refractivity (Wildman–Crippen MR) is 114 cm³/mol. The summed E-state index contributed by atoms with van der Waals surface area (Å²) in [5.74, 6) is -0.483. The summed E-state index contributed by atoms with van der Waals surface area (Å²) in [6.07, 6.45) is 0. The first-order valence-electron chi connectivity index (χ1n) is 8.98. The van der Waals surface area contributed by atoms with Crippen molar-refractivity contribution in [2.75, 3.05) is 24.6 Å². The molecule has 0 aliphatic heterocycles. The number of esters is 1. The van der Waals surface area contributed by atoms with Gasteiger partial charge in [-0.1, -0.05) is 36.4 Å². The molecule has 0 atom stereocenters. The van der Waals surface area contributed by atoms with E-state index >= 15 is 0 Å². The molecular weight excluding hydrogens is 412 g/mol. The molecule has 154 valence electrons. The number of benzene rings is 2. The highest BCUT2D eigenvalue weighted by Gasteiger charge is 2.17. The van der Waals surface area contributed by atoms with Gasteiger partial charge in [0.05, 0.1) is 6.61 Å². The highest BCUT2D eigenvalue weighted by atomic mass is 32.2. The summed E-state index contributed by atoms with van der Waals surface area (Å²) in [6, 6.07) is 14.2. The number of aromatic nitrogens is 1. The van der Waals surface area contributed by atoms with Crippen molar-refractivity contribution in [2.45, 2.75) is 13.5 Å². The van der Waals surface area contributed by atoms with Crippen LogP contribution in [-0.2, 0) is 21.5 Å². The van der Waals surface area contributed by atoms with Gasteiger partial charge in [0.1, 0.15) is 0 Å². The smallest absolute Gasteiger partial charge is 0.357 e. The van der Waals surface area contributed by atoms with Crippen molar-refractivity contribution < 1.29 is 17.9 Å². The Bertz CT molecular complexity index is 1100. The Kier molecular flexibility index (Phi) is 6.80. The zero-order valence-electron chi connectivity index (χ0n) is 15.9. The van der Waals surface area contributed by atoms with Gasteiger partial charge in [-0.05, 0) is 29.3 Å². The standard InChI is InChI=1S/C19H22N4O4S2/c1-2-27-18(24)17-13-28-19(22-17)23(10-9-21-29(20,25)26)12-14-7-8-15-5-3-4-6-16(15)11-14/h3-8,11,13,21H,2,9-10,12H2,1H3,(H2,20,25,26). The average molecular weight is 435 g/mol. The van der Waals surface area contributed by atoms with Gasteiger partial charge < -0.3 is 9.64 Å². The molecule has 0 unspecified atom stereocenters. The normalized spacial score (nSPS) is 11.5. The number of nitrogens with two attached hydrogens (primary N) is 1. The zero-order chi connectivity index (χ0) is 20.9. The van der Waals surface area contributed by atoms with Crippen LogP contribution in [0.25, 0.3) is 10.8 Å². The second-order valence-electron chi connectivity index (χ2n) is 6.28. The minimum atomic E-state index is -3.79. The summed E-state index contributed by atoms with van der Waals surface area (Å²) in [5, 5.41) is 9.50. The number of nitrogens with one attached hydrogen (secondary N) is 1. The van der Waals surface area contributed by atoms with Gasteiger partial charge >= 0.3 is 5.97 Å². The van der Waals surface area contributed by atoms with Crippen molar-refractivity contribution in [3.8, 4) is 0 Å². The van der Waals surface area contributed by atoms with Crippen molar-refractivity contribution in [3.05, 3.63) is 59.1 Å². The van der Waals surface area contributed by atoms with E-state index in [0.29, 0.717) is 18.2 Å². The molecule has 0 fully saturated rings. The molecule has 0 aliphatic rings. The van der Waals surface area contributed by atoms with Crippen LogP contribution in [0.3, 0.4) is 0 Å². The second kappa shape index (κ2) is 9.31. The molecule has 3 N–H and O–H groups in total. The van der Waals surface area contributed by atoms with Crippen LogP contribution in [0.15, 0.2) is 47.8 Å². The van der Waals surface area contributed by atoms with E-state index in [0.717, 1.165) is 16.3 Å². The minimum Gasteiger partial charge on any atom is -0.461 e. The third-order valence-corrected chi connectivity index (χ3v) is 5.63. The number of thiazole rings is 1. The molecule has 8 nitrogen and oxygen atoms in total. The second-order valence-corrected chi connectivity index (χ2v) is 8.49. The van der Waals surface area contributed by atoms with Crippen LogP contribution in [0.5, 0.6) is 0 Å². The predicted octanol–water partition coefficient (Wildman–Crippen LogP) is 2.27. The number of hydrogen-bond acceptors (Lipinski definition) is 7. The molecule has 1 heterocycles. The molecule has 0 bridgehead atoms. The van der Waals surface area contributed by atoms with Crippen LogP contribution >= 0.6 is 11.3 Å². The monoisotopic (exact) mass is 434 g/mol. The van der Waals surface area contributed by atoms with E-state index < -0.39 is 16.2 Å².